The van der Waals surface area contributed by atoms with Crippen LogP contribution in [0.4, 0.5) is 5.69 Å². The molecule has 0 spiro atoms. The first kappa shape index (κ1) is 19.0. The Labute approximate surface area is 159 Å². The fourth-order valence-corrected chi connectivity index (χ4v) is 4.07. The zero-order valence-electron chi connectivity index (χ0n) is 14.7. The number of methoxy groups -OCH3 is 1. The number of anilines is 1. The topological polar surface area (TPSA) is 99.4 Å². The minimum Gasteiger partial charge on any atom is -0.495 e. The van der Waals surface area contributed by atoms with Crippen LogP contribution in [0.1, 0.15) is 0 Å². The van der Waals surface area contributed by atoms with Gasteiger partial charge in [0.15, 0.2) is 0 Å². The predicted octanol–water partition coefficient (Wildman–Crippen LogP) is 1.70. The summed E-state index contributed by atoms with van der Waals surface area (Å²) >= 11 is 6.00. The van der Waals surface area contributed by atoms with Gasteiger partial charge in [-0.3, -0.25) is 14.3 Å². The van der Waals surface area contributed by atoms with Crippen molar-refractivity contribution < 1.29 is 13.2 Å². The Morgan fingerprint density at radius 1 is 0.963 bits per heavy atom. The Kier molecular flexibility index (Phi) is 4.75. The smallest absolute Gasteiger partial charge is 0.316 e. The van der Waals surface area contributed by atoms with E-state index in [0.29, 0.717) is 16.8 Å². The summed E-state index contributed by atoms with van der Waals surface area (Å²) < 4.78 is 35.1. The molecule has 0 fully saturated rings. The molecule has 1 N–H and O–H groups in total. The lowest BCUT2D eigenvalue weighted by molar-refractivity contribution is 0.414. The van der Waals surface area contributed by atoms with Crippen molar-refractivity contribution in [2.45, 2.75) is 4.90 Å². The second kappa shape index (κ2) is 6.75. The first-order valence-corrected chi connectivity index (χ1v) is 9.58. The van der Waals surface area contributed by atoms with E-state index in [1.165, 1.54) is 60.7 Å². The normalized spacial score (nSPS) is 11.6. The number of sulfonamides is 1. The summed E-state index contributed by atoms with van der Waals surface area (Å²) in [5.74, 6) is 0.359. The highest BCUT2D eigenvalue weighted by Gasteiger charge is 2.17. The Morgan fingerprint density at radius 3 is 2.19 bits per heavy atom. The van der Waals surface area contributed by atoms with Crippen LogP contribution in [-0.2, 0) is 24.1 Å². The van der Waals surface area contributed by atoms with Gasteiger partial charge < -0.3 is 13.9 Å². The Hall–Kier alpha value is -2.78. The molecule has 0 unspecified atom stereocenters. The number of halogens is 1. The zero-order chi connectivity index (χ0) is 19.9. The van der Waals surface area contributed by atoms with E-state index in [1.807, 2.05) is 0 Å². The van der Waals surface area contributed by atoms with Crippen LogP contribution < -0.4 is 20.6 Å². The van der Waals surface area contributed by atoms with Crippen LogP contribution in [0.25, 0.3) is 11.0 Å². The molecule has 3 aromatic rings. The third-order valence-corrected chi connectivity index (χ3v) is 5.85. The number of fused-ring (bicyclic) bond motifs is 1. The Bertz CT molecular complexity index is 1280. The lowest BCUT2D eigenvalue weighted by Crippen LogP contribution is -2.39. The van der Waals surface area contributed by atoms with Crippen molar-refractivity contribution in [1.82, 2.24) is 9.13 Å². The molecule has 8 nitrogen and oxygen atoms in total. The fourth-order valence-electron chi connectivity index (χ4n) is 2.67. The number of aromatic nitrogens is 2. The molecule has 0 aliphatic rings. The summed E-state index contributed by atoms with van der Waals surface area (Å²) in [5.41, 5.74) is -0.214. The average Bonchev–Trinajstić information content (AvgIpc) is 2.64. The number of nitrogens with zero attached hydrogens (tertiary/aromatic N) is 2. The van der Waals surface area contributed by atoms with Crippen LogP contribution in [0.3, 0.4) is 0 Å². The number of aryl methyl sites for hydroxylation is 2. The highest BCUT2D eigenvalue weighted by Crippen LogP contribution is 2.28. The summed E-state index contributed by atoms with van der Waals surface area (Å²) in [7, 11) is 0.448. The van der Waals surface area contributed by atoms with Gasteiger partial charge in [0.05, 0.1) is 33.7 Å². The molecule has 0 atom stereocenters. The van der Waals surface area contributed by atoms with Gasteiger partial charge in [-0.1, -0.05) is 11.6 Å². The van der Waals surface area contributed by atoms with E-state index in [9.17, 15) is 18.0 Å². The number of hydrogen-bond acceptors (Lipinski definition) is 5. The van der Waals surface area contributed by atoms with E-state index >= 15 is 0 Å². The van der Waals surface area contributed by atoms with Gasteiger partial charge in [-0.2, -0.15) is 0 Å². The minimum atomic E-state index is -3.92. The van der Waals surface area contributed by atoms with Gasteiger partial charge in [-0.05, 0) is 36.4 Å². The SMILES string of the molecule is COc1ccc(S(=O)(=O)Nc2ccc3c(c2)n(C)c(=O)c(=O)n3C)cc1Cl. The molecule has 3 rings (SSSR count). The molecule has 0 aliphatic heterocycles. The second-order valence-electron chi connectivity index (χ2n) is 5.83. The average molecular weight is 410 g/mol. The quantitative estimate of drug-likeness (QED) is 0.661. The maximum Gasteiger partial charge on any atom is 0.316 e. The summed E-state index contributed by atoms with van der Waals surface area (Å²) in [4.78, 5) is 23.8. The minimum absolute atomic E-state index is 0.0391. The monoisotopic (exact) mass is 409 g/mol. The maximum absolute atomic E-state index is 12.6. The highest BCUT2D eigenvalue weighted by molar-refractivity contribution is 7.92. The number of hydrogen-bond donors (Lipinski definition) is 1. The van der Waals surface area contributed by atoms with E-state index in [4.69, 9.17) is 16.3 Å². The third kappa shape index (κ3) is 3.31. The van der Waals surface area contributed by atoms with Crippen LogP contribution in [0, 0.1) is 0 Å². The van der Waals surface area contributed by atoms with Gasteiger partial charge in [0.2, 0.25) is 0 Å². The van der Waals surface area contributed by atoms with Crippen LogP contribution in [-0.4, -0.2) is 24.7 Å². The molecule has 0 radical (unpaired) electrons. The van der Waals surface area contributed by atoms with Crippen molar-refractivity contribution in [3.8, 4) is 5.75 Å². The molecule has 0 aliphatic carbocycles. The van der Waals surface area contributed by atoms with E-state index in [-0.39, 0.29) is 15.6 Å². The highest BCUT2D eigenvalue weighted by atomic mass is 35.5. The van der Waals surface area contributed by atoms with Crippen LogP contribution in [0.15, 0.2) is 50.9 Å². The largest absolute Gasteiger partial charge is 0.495 e. The molecule has 0 bridgehead atoms. The number of benzene rings is 2. The summed E-state index contributed by atoms with van der Waals surface area (Å²) in [6.45, 7) is 0. The molecule has 10 heteroatoms. The molecule has 142 valence electrons. The molecule has 1 aromatic heterocycles. The fraction of sp³-hybridized carbons (Fsp3) is 0.176. The van der Waals surface area contributed by atoms with E-state index in [2.05, 4.69) is 4.72 Å². The van der Waals surface area contributed by atoms with Crippen LogP contribution in [0.5, 0.6) is 5.75 Å². The molecule has 1 heterocycles. The van der Waals surface area contributed by atoms with E-state index in [0.717, 1.165) is 0 Å². The Morgan fingerprint density at radius 2 is 1.59 bits per heavy atom. The van der Waals surface area contributed by atoms with E-state index in [1.54, 1.807) is 6.07 Å². The number of ether oxygens (including phenoxy) is 1. The molecule has 2 aromatic carbocycles. The number of nitrogens with one attached hydrogen (secondary N) is 1. The van der Waals surface area contributed by atoms with Crippen molar-refractivity contribution in [3.63, 3.8) is 0 Å². The lowest BCUT2D eigenvalue weighted by Gasteiger charge is -2.13. The molecule has 27 heavy (non-hydrogen) atoms. The van der Waals surface area contributed by atoms with Gasteiger partial charge in [-0.25, -0.2) is 8.42 Å². The van der Waals surface area contributed by atoms with Gasteiger partial charge in [-0.15, -0.1) is 0 Å². The summed E-state index contributed by atoms with van der Waals surface area (Å²) in [6.07, 6.45) is 0. The molecule has 0 saturated heterocycles. The van der Waals surface area contributed by atoms with Crippen LogP contribution >= 0.6 is 11.6 Å². The molecular formula is C17H16ClN3O5S. The summed E-state index contributed by atoms with van der Waals surface area (Å²) in [6, 6.07) is 8.66. The van der Waals surface area contributed by atoms with Gasteiger partial charge in [0.1, 0.15) is 5.75 Å². The standard InChI is InChI=1S/C17H16ClN3O5S/c1-20-13-6-4-10(8-14(13)21(2)17(23)16(20)22)19-27(24,25)11-5-7-15(26-3)12(18)9-11/h4-9,19H,1-3H3. The molecule has 0 saturated carbocycles. The van der Waals surface area contributed by atoms with Gasteiger partial charge >= 0.3 is 11.1 Å². The number of rotatable bonds is 4. The van der Waals surface area contributed by atoms with Crippen molar-refractivity contribution in [3.05, 3.63) is 62.1 Å². The van der Waals surface area contributed by atoms with Gasteiger partial charge in [0, 0.05) is 14.1 Å². The van der Waals surface area contributed by atoms with Crippen LogP contribution in [0.2, 0.25) is 5.02 Å². The lowest BCUT2D eigenvalue weighted by atomic mass is 10.2. The van der Waals surface area contributed by atoms with Crippen molar-refractivity contribution in [1.29, 1.82) is 0 Å². The maximum atomic E-state index is 12.6. The second-order valence-corrected chi connectivity index (χ2v) is 7.92. The van der Waals surface area contributed by atoms with E-state index < -0.39 is 21.1 Å². The zero-order valence-corrected chi connectivity index (χ0v) is 16.3. The molecule has 0 amide bonds. The predicted molar refractivity (Wildman–Crippen MR) is 103 cm³/mol. The van der Waals surface area contributed by atoms with Crippen molar-refractivity contribution >= 4 is 38.3 Å². The van der Waals surface area contributed by atoms with Crippen molar-refractivity contribution in [2.75, 3.05) is 11.8 Å². The molecular weight excluding hydrogens is 394 g/mol. The first-order valence-electron chi connectivity index (χ1n) is 7.72. The van der Waals surface area contributed by atoms with Crippen molar-refractivity contribution in [2.24, 2.45) is 14.1 Å². The first-order chi connectivity index (χ1) is 12.7. The van der Waals surface area contributed by atoms with Gasteiger partial charge in [0.25, 0.3) is 10.0 Å². The summed E-state index contributed by atoms with van der Waals surface area (Å²) in [5, 5.41) is 0.163. The Balaban J connectivity index is 2.07. The third-order valence-electron chi connectivity index (χ3n) is 4.18.